The van der Waals surface area contributed by atoms with E-state index in [1.165, 1.54) is 23.3 Å². The third-order valence-corrected chi connectivity index (χ3v) is 5.64. The van der Waals surface area contributed by atoms with Crippen molar-refractivity contribution in [1.82, 2.24) is 5.43 Å². The van der Waals surface area contributed by atoms with E-state index in [-0.39, 0.29) is 5.91 Å². The van der Waals surface area contributed by atoms with Gasteiger partial charge in [-0.3, -0.25) is 4.79 Å². The van der Waals surface area contributed by atoms with Gasteiger partial charge in [0.25, 0.3) is 5.91 Å². The highest BCUT2D eigenvalue weighted by Crippen LogP contribution is 2.33. The fourth-order valence-electron chi connectivity index (χ4n) is 2.97. The Hall–Kier alpha value is -2.20. The lowest BCUT2D eigenvalue weighted by molar-refractivity contribution is 0.0959. The summed E-state index contributed by atoms with van der Waals surface area (Å²) in [5.41, 5.74) is 5.07. The van der Waals surface area contributed by atoms with Gasteiger partial charge in [0.05, 0.1) is 4.88 Å². The normalized spacial score (nSPS) is 17.3. The van der Waals surface area contributed by atoms with Crippen molar-refractivity contribution in [3.63, 3.8) is 0 Å². The predicted octanol–water partition coefficient (Wildman–Crippen LogP) is 4.69. The van der Waals surface area contributed by atoms with Crippen LogP contribution in [0.3, 0.4) is 0 Å². The zero-order chi connectivity index (χ0) is 16.8. The van der Waals surface area contributed by atoms with Crippen molar-refractivity contribution in [2.45, 2.75) is 32.6 Å². The van der Waals surface area contributed by atoms with Gasteiger partial charge in [-0.05, 0) is 48.4 Å². The van der Waals surface area contributed by atoms with Crippen LogP contribution in [-0.2, 0) is 12.8 Å². The SMILES string of the molecule is CC[C@@H]1CCc2sc(C(=O)N/N=C\C=C\c3ccccc3)cc2C1. The quantitative estimate of drug-likeness (QED) is 0.623. The third-order valence-electron chi connectivity index (χ3n) is 4.40. The van der Waals surface area contributed by atoms with Crippen LogP contribution in [0, 0.1) is 5.92 Å². The number of hydrogen-bond donors (Lipinski definition) is 1. The minimum Gasteiger partial charge on any atom is -0.266 e. The van der Waals surface area contributed by atoms with E-state index >= 15 is 0 Å². The molecule has 124 valence electrons. The van der Waals surface area contributed by atoms with E-state index in [4.69, 9.17) is 0 Å². The Labute approximate surface area is 147 Å². The van der Waals surface area contributed by atoms with E-state index < -0.39 is 0 Å². The maximum absolute atomic E-state index is 12.2. The molecule has 1 atom stereocenters. The number of amides is 1. The van der Waals surface area contributed by atoms with E-state index in [2.05, 4.69) is 17.5 Å². The van der Waals surface area contributed by atoms with Gasteiger partial charge in [0, 0.05) is 11.1 Å². The van der Waals surface area contributed by atoms with Gasteiger partial charge in [0.2, 0.25) is 0 Å². The van der Waals surface area contributed by atoms with Crippen molar-refractivity contribution in [3.8, 4) is 0 Å². The molecule has 0 fully saturated rings. The molecule has 1 N–H and O–H groups in total. The van der Waals surface area contributed by atoms with Crippen LogP contribution in [0.15, 0.2) is 47.6 Å². The lowest BCUT2D eigenvalue weighted by Crippen LogP contribution is -2.15. The Kier molecular flexibility index (Phi) is 5.59. The summed E-state index contributed by atoms with van der Waals surface area (Å²) in [4.78, 5) is 14.3. The van der Waals surface area contributed by atoms with Gasteiger partial charge >= 0.3 is 0 Å². The number of carbonyl (C=O) groups is 1. The Morgan fingerprint density at radius 2 is 2.21 bits per heavy atom. The number of carbonyl (C=O) groups excluding carboxylic acids is 1. The molecule has 0 radical (unpaired) electrons. The minimum absolute atomic E-state index is 0.119. The first-order chi connectivity index (χ1) is 11.8. The summed E-state index contributed by atoms with van der Waals surface area (Å²) in [6, 6.07) is 12.0. The number of allylic oxidation sites excluding steroid dienone is 1. The van der Waals surface area contributed by atoms with Crippen molar-refractivity contribution in [2.75, 3.05) is 0 Å². The molecular formula is C20H22N2OS. The highest BCUT2D eigenvalue weighted by atomic mass is 32.1. The maximum atomic E-state index is 12.2. The predicted molar refractivity (Wildman–Crippen MR) is 102 cm³/mol. The topological polar surface area (TPSA) is 41.5 Å². The van der Waals surface area contributed by atoms with Crippen LogP contribution >= 0.6 is 11.3 Å². The van der Waals surface area contributed by atoms with Crippen LogP contribution in [0.1, 0.15) is 45.4 Å². The average Bonchev–Trinajstić information content (AvgIpc) is 3.05. The monoisotopic (exact) mass is 338 g/mol. The number of thiophene rings is 1. The Morgan fingerprint density at radius 1 is 1.38 bits per heavy atom. The first-order valence-corrected chi connectivity index (χ1v) is 9.24. The smallest absolute Gasteiger partial charge is 0.266 e. The average molecular weight is 338 g/mol. The van der Waals surface area contributed by atoms with Gasteiger partial charge in [-0.1, -0.05) is 49.8 Å². The van der Waals surface area contributed by atoms with Crippen LogP contribution in [0.4, 0.5) is 0 Å². The number of benzene rings is 1. The van der Waals surface area contributed by atoms with E-state index in [0.717, 1.165) is 29.2 Å². The van der Waals surface area contributed by atoms with Gasteiger partial charge in [0.15, 0.2) is 0 Å². The van der Waals surface area contributed by atoms with Gasteiger partial charge in [-0.25, -0.2) is 5.43 Å². The van der Waals surface area contributed by atoms with Gasteiger partial charge in [-0.2, -0.15) is 5.10 Å². The summed E-state index contributed by atoms with van der Waals surface area (Å²) in [6.45, 7) is 2.24. The molecule has 1 aliphatic carbocycles. The summed E-state index contributed by atoms with van der Waals surface area (Å²) < 4.78 is 0. The molecule has 1 aliphatic rings. The van der Waals surface area contributed by atoms with E-state index in [1.807, 2.05) is 48.6 Å². The summed E-state index contributed by atoms with van der Waals surface area (Å²) in [5.74, 6) is 0.649. The standard InChI is InChI=1S/C20H22N2OS/c1-2-15-10-11-18-17(13-15)14-19(24-18)20(23)22-21-12-6-9-16-7-4-3-5-8-16/h3-9,12,14-15H,2,10-11,13H2,1H3,(H,22,23)/b9-6+,21-12-/t15-/m1/s1. The van der Waals surface area contributed by atoms with Gasteiger partial charge in [-0.15, -0.1) is 11.3 Å². The van der Waals surface area contributed by atoms with Crippen LogP contribution in [0.5, 0.6) is 0 Å². The number of hydrazone groups is 1. The Balaban J connectivity index is 1.55. The Morgan fingerprint density at radius 3 is 3.00 bits per heavy atom. The number of hydrogen-bond acceptors (Lipinski definition) is 3. The molecule has 1 amide bonds. The van der Waals surface area contributed by atoms with Crippen molar-refractivity contribution in [1.29, 1.82) is 0 Å². The molecule has 0 bridgehead atoms. The molecule has 3 nitrogen and oxygen atoms in total. The lowest BCUT2D eigenvalue weighted by Gasteiger charge is -2.19. The number of rotatable bonds is 5. The second-order valence-corrected chi connectivity index (χ2v) is 7.20. The van der Waals surface area contributed by atoms with Crippen molar-refractivity contribution in [3.05, 3.63) is 63.4 Å². The highest BCUT2D eigenvalue weighted by molar-refractivity contribution is 7.14. The van der Waals surface area contributed by atoms with Gasteiger partial charge in [0.1, 0.15) is 0 Å². The molecule has 24 heavy (non-hydrogen) atoms. The first-order valence-electron chi connectivity index (χ1n) is 8.43. The molecule has 1 aromatic carbocycles. The number of nitrogens with one attached hydrogen (secondary N) is 1. The summed E-state index contributed by atoms with van der Waals surface area (Å²) in [5, 5.41) is 4.00. The minimum atomic E-state index is -0.119. The molecule has 0 saturated carbocycles. The van der Waals surface area contributed by atoms with Gasteiger partial charge < -0.3 is 0 Å². The number of aryl methyl sites for hydroxylation is 1. The first kappa shape index (κ1) is 16.7. The zero-order valence-corrected chi connectivity index (χ0v) is 14.7. The van der Waals surface area contributed by atoms with Crippen molar-refractivity contribution >= 4 is 29.5 Å². The second-order valence-electron chi connectivity index (χ2n) is 6.07. The molecule has 1 heterocycles. The highest BCUT2D eigenvalue weighted by Gasteiger charge is 2.21. The molecule has 0 unspecified atom stereocenters. The Bertz CT molecular complexity index is 746. The molecule has 0 aliphatic heterocycles. The molecule has 0 spiro atoms. The summed E-state index contributed by atoms with van der Waals surface area (Å²) in [6.07, 6.45) is 10.0. The number of nitrogens with zero attached hydrogens (tertiary/aromatic N) is 1. The van der Waals surface area contributed by atoms with E-state index in [0.29, 0.717) is 0 Å². The van der Waals surface area contributed by atoms with Crippen LogP contribution in [0.25, 0.3) is 6.08 Å². The van der Waals surface area contributed by atoms with E-state index in [9.17, 15) is 4.79 Å². The molecule has 3 rings (SSSR count). The lowest BCUT2D eigenvalue weighted by atomic mass is 9.87. The molecule has 0 saturated heterocycles. The molecule has 4 heteroatoms. The van der Waals surface area contributed by atoms with E-state index in [1.54, 1.807) is 17.6 Å². The number of fused-ring (bicyclic) bond motifs is 1. The van der Waals surface area contributed by atoms with Crippen LogP contribution in [0.2, 0.25) is 0 Å². The molecular weight excluding hydrogens is 316 g/mol. The zero-order valence-electron chi connectivity index (χ0n) is 13.9. The summed E-state index contributed by atoms with van der Waals surface area (Å²) >= 11 is 1.61. The van der Waals surface area contributed by atoms with Crippen molar-refractivity contribution < 1.29 is 4.79 Å². The fourth-order valence-corrected chi connectivity index (χ4v) is 4.07. The largest absolute Gasteiger partial charge is 0.281 e. The second kappa shape index (κ2) is 8.06. The molecule has 2 aromatic rings. The van der Waals surface area contributed by atoms with Crippen LogP contribution < -0.4 is 5.43 Å². The third kappa shape index (κ3) is 4.20. The molecule has 1 aromatic heterocycles. The summed E-state index contributed by atoms with van der Waals surface area (Å²) in [7, 11) is 0. The van der Waals surface area contributed by atoms with Crippen molar-refractivity contribution in [2.24, 2.45) is 11.0 Å². The maximum Gasteiger partial charge on any atom is 0.281 e. The fraction of sp³-hybridized carbons (Fsp3) is 0.300. The van der Waals surface area contributed by atoms with Crippen LogP contribution in [-0.4, -0.2) is 12.1 Å².